The fourth-order valence-corrected chi connectivity index (χ4v) is 4.93. The van der Waals surface area contributed by atoms with E-state index in [4.69, 9.17) is 4.74 Å². The summed E-state index contributed by atoms with van der Waals surface area (Å²) in [6.45, 7) is 8.20. The number of allylic oxidation sites excluding steroid dienone is 1. The highest BCUT2D eigenvalue weighted by Crippen LogP contribution is 2.46. The molecule has 4 rings (SSSR count). The molecule has 1 fully saturated rings. The zero-order valence-electron chi connectivity index (χ0n) is 18.9. The van der Waals surface area contributed by atoms with Crippen LogP contribution >= 0.6 is 0 Å². The molecule has 0 N–H and O–H groups in total. The van der Waals surface area contributed by atoms with Gasteiger partial charge in [0.25, 0.3) is 5.69 Å². The molecule has 0 amide bonds. The highest BCUT2D eigenvalue weighted by Gasteiger charge is 2.36. The lowest BCUT2D eigenvalue weighted by atomic mass is 9.81. The maximum atomic E-state index is 11.3. The van der Waals surface area contributed by atoms with E-state index in [-0.39, 0.29) is 28.5 Å². The summed E-state index contributed by atoms with van der Waals surface area (Å²) in [6, 6.07) is 15.3. The summed E-state index contributed by atoms with van der Waals surface area (Å²) in [5, 5.41) is 20.7. The quantitative estimate of drug-likeness (QED) is 0.421. The van der Waals surface area contributed by atoms with Crippen LogP contribution in [0.3, 0.4) is 0 Å². The molecule has 32 heavy (non-hydrogen) atoms. The predicted octanol–water partition coefficient (Wildman–Crippen LogP) is 5.88. The van der Waals surface area contributed by atoms with E-state index in [9.17, 15) is 15.4 Å². The average Bonchev–Trinajstić information content (AvgIpc) is 3.35. The number of likely N-dealkylation sites (tertiary alicyclic amines) is 1. The second-order valence-corrected chi connectivity index (χ2v) is 9.84. The van der Waals surface area contributed by atoms with Crippen molar-refractivity contribution in [2.24, 2.45) is 5.41 Å². The molecule has 1 saturated heterocycles. The summed E-state index contributed by atoms with van der Waals surface area (Å²) in [4.78, 5) is 13.2. The minimum atomic E-state index is -0.537. The topological polar surface area (TPSA) is 79.4 Å². The van der Waals surface area contributed by atoms with Crippen LogP contribution in [0.4, 0.5) is 5.69 Å². The molecular formula is C26H29N3O3. The van der Waals surface area contributed by atoms with Crippen LogP contribution < -0.4 is 4.74 Å². The van der Waals surface area contributed by atoms with E-state index < -0.39 is 4.92 Å². The molecule has 0 radical (unpaired) electrons. The van der Waals surface area contributed by atoms with E-state index in [1.807, 2.05) is 6.07 Å². The Kier molecular flexibility index (Phi) is 5.92. The minimum absolute atomic E-state index is 0.0138. The molecule has 0 saturated carbocycles. The third-order valence-corrected chi connectivity index (χ3v) is 6.30. The Balaban J connectivity index is 1.56. The molecular weight excluding hydrogens is 402 g/mol. The molecule has 6 nitrogen and oxygen atoms in total. The summed E-state index contributed by atoms with van der Waals surface area (Å²) in [5.41, 5.74) is 3.97. The van der Waals surface area contributed by atoms with Crippen LogP contribution in [0, 0.1) is 26.9 Å². The largest absolute Gasteiger partial charge is 0.490 e. The number of benzene rings is 2. The van der Waals surface area contributed by atoms with Crippen molar-refractivity contribution in [3.63, 3.8) is 0 Å². The van der Waals surface area contributed by atoms with Crippen molar-refractivity contribution in [2.75, 3.05) is 13.2 Å². The van der Waals surface area contributed by atoms with Crippen LogP contribution in [0.5, 0.6) is 5.75 Å². The van der Waals surface area contributed by atoms with Crippen LogP contribution in [-0.4, -0.2) is 29.0 Å². The fourth-order valence-electron chi connectivity index (χ4n) is 4.93. The number of nitro benzene ring substituents is 1. The van der Waals surface area contributed by atoms with E-state index >= 15 is 0 Å². The van der Waals surface area contributed by atoms with Crippen LogP contribution in [-0.2, 0) is 0 Å². The van der Waals surface area contributed by atoms with Crippen molar-refractivity contribution in [2.45, 2.75) is 52.0 Å². The lowest BCUT2D eigenvalue weighted by Crippen LogP contribution is -2.35. The van der Waals surface area contributed by atoms with Gasteiger partial charge in [0.1, 0.15) is 18.4 Å². The Hall–Kier alpha value is -3.33. The highest BCUT2D eigenvalue weighted by molar-refractivity contribution is 5.66. The monoisotopic (exact) mass is 431 g/mol. The van der Waals surface area contributed by atoms with Crippen molar-refractivity contribution in [1.29, 1.82) is 5.26 Å². The molecule has 6 heteroatoms. The first-order valence-corrected chi connectivity index (χ1v) is 11.2. The van der Waals surface area contributed by atoms with Crippen molar-refractivity contribution >= 4 is 11.8 Å². The maximum Gasteiger partial charge on any atom is 0.290 e. The van der Waals surface area contributed by atoms with E-state index in [1.54, 1.807) is 12.1 Å². The zero-order chi connectivity index (χ0) is 22.9. The summed E-state index contributed by atoms with van der Waals surface area (Å²) >= 11 is 0. The second-order valence-electron chi connectivity index (χ2n) is 9.84. The van der Waals surface area contributed by atoms with Gasteiger partial charge in [-0.25, -0.2) is 0 Å². The number of nitrogens with zero attached hydrogens (tertiary/aromatic N) is 3. The summed E-state index contributed by atoms with van der Waals surface area (Å²) in [5.74, 6) is 0.628. The van der Waals surface area contributed by atoms with Gasteiger partial charge in [-0.15, -0.1) is 0 Å². The van der Waals surface area contributed by atoms with Crippen LogP contribution in [0.15, 0.2) is 48.2 Å². The first kappa shape index (κ1) is 21.9. The molecule has 2 atom stereocenters. The lowest BCUT2D eigenvalue weighted by Gasteiger charge is -2.34. The van der Waals surface area contributed by atoms with E-state index in [0.717, 1.165) is 25.8 Å². The number of fused-ring (bicyclic) bond motifs is 1. The Morgan fingerprint density at radius 2 is 2.00 bits per heavy atom. The molecule has 2 aromatic carbocycles. The van der Waals surface area contributed by atoms with Gasteiger partial charge in [0.15, 0.2) is 5.56 Å². The van der Waals surface area contributed by atoms with Crippen molar-refractivity contribution in [1.82, 2.24) is 4.90 Å². The van der Waals surface area contributed by atoms with Gasteiger partial charge in [0, 0.05) is 24.2 Å². The van der Waals surface area contributed by atoms with Gasteiger partial charge in [0.05, 0.1) is 11.0 Å². The summed E-state index contributed by atoms with van der Waals surface area (Å²) in [6.07, 6.45) is 5.44. The van der Waals surface area contributed by atoms with Crippen molar-refractivity contribution in [3.05, 3.63) is 75.0 Å². The number of hydrogen-bond acceptors (Lipinski definition) is 5. The third-order valence-electron chi connectivity index (χ3n) is 6.30. The first-order chi connectivity index (χ1) is 15.3. The molecule has 2 aromatic rings. The SMILES string of the molecule is CC(C)(C)CC1C(N2CCC[C@@H]2COc2cccc([N+](=O)[O-])c2C#N)=Cc2ccccc21. The van der Waals surface area contributed by atoms with Crippen LogP contribution in [0.2, 0.25) is 0 Å². The summed E-state index contributed by atoms with van der Waals surface area (Å²) < 4.78 is 6.01. The van der Waals surface area contributed by atoms with Crippen molar-refractivity contribution in [3.8, 4) is 11.8 Å². The summed E-state index contributed by atoms with van der Waals surface area (Å²) in [7, 11) is 0. The van der Waals surface area contributed by atoms with Gasteiger partial charge in [0.2, 0.25) is 0 Å². The van der Waals surface area contributed by atoms with Crippen molar-refractivity contribution < 1.29 is 9.66 Å². The number of hydrogen-bond donors (Lipinski definition) is 0. The second kappa shape index (κ2) is 8.66. The average molecular weight is 432 g/mol. The Labute approximate surface area is 189 Å². The molecule has 0 spiro atoms. The van der Waals surface area contributed by atoms with E-state index in [1.165, 1.54) is 22.9 Å². The zero-order valence-corrected chi connectivity index (χ0v) is 18.9. The van der Waals surface area contributed by atoms with Gasteiger partial charge < -0.3 is 9.64 Å². The maximum absolute atomic E-state index is 11.3. The van der Waals surface area contributed by atoms with Gasteiger partial charge in [-0.3, -0.25) is 10.1 Å². The van der Waals surface area contributed by atoms with Gasteiger partial charge >= 0.3 is 0 Å². The van der Waals surface area contributed by atoms with Gasteiger partial charge in [-0.1, -0.05) is 51.1 Å². The predicted molar refractivity (Wildman–Crippen MR) is 124 cm³/mol. The van der Waals surface area contributed by atoms with E-state index in [0.29, 0.717) is 12.5 Å². The number of nitro groups is 1. The normalized spacial score (nSPS) is 19.9. The highest BCUT2D eigenvalue weighted by atomic mass is 16.6. The molecule has 1 heterocycles. The van der Waals surface area contributed by atoms with Crippen LogP contribution in [0.1, 0.15) is 62.6 Å². The molecule has 1 unspecified atom stereocenters. The minimum Gasteiger partial charge on any atom is -0.490 e. The Morgan fingerprint density at radius 3 is 2.72 bits per heavy atom. The first-order valence-electron chi connectivity index (χ1n) is 11.2. The molecule has 1 aliphatic heterocycles. The van der Waals surface area contributed by atoms with Gasteiger partial charge in [-0.2, -0.15) is 5.26 Å². The van der Waals surface area contributed by atoms with Gasteiger partial charge in [-0.05, 0) is 47.9 Å². The molecule has 2 aliphatic rings. The lowest BCUT2D eigenvalue weighted by molar-refractivity contribution is -0.385. The fraction of sp³-hybridized carbons (Fsp3) is 0.423. The molecule has 0 aromatic heterocycles. The standard InChI is InChI=1S/C26H29N3O3/c1-26(2,3)15-21-20-10-5-4-8-18(20)14-24(21)28-13-7-9-19(28)17-32-25-12-6-11-23(29(30)31)22(25)16-27/h4-6,8,10-12,14,19,21H,7,9,13,15,17H2,1-3H3/t19-,21?/m1/s1. The Bertz CT molecular complexity index is 1090. The smallest absolute Gasteiger partial charge is 0.290 e. The number of nitriles is 1. The molecule has 1 aliphatic carbocycles. The number of ether oxygens (including phenoxy) is 1. The Morgan fingerprint density at radius 1 is 1.22 bits per heavy atom. The number of rotatable bonds is 6. The molecule has 0 bridgehead atoms. The van der Waals surface area contributed by atoms with E-state index in [2.05, 4.69) is 56.0 Å². The molecule has 166 valence electrons. The third kappa shape index (κ3) is 4.34. The van der Waals surface area contributed by atoms with Crippen LogP contribution in [0.25, 0.3) is 6.08 Å².